The molecule has 0 saturated carbocycles. The van der Waals surface area contributed by atoms with Crippen molar-refractivity contribution in [2.75, 3.05) is 0 Å². The number of carbonyl (C=O) groups is 1. The molecule has 0 N–H and O–H groups in total. The van der Waals surface area contributed by atoms with Crippen LogP contribution in [0, 0.1) is 11.3 Å². The predicted molar refractivity (Wildman–Crippen MR) is 77.6 cm³/mol. The summed E-state index contributed by atoms with van der Waals surface area (Å²) in [5, 5.41) is 8.87. The standard InChI is InChI=1S/C18H15NO/c1-18(15-8-6-13(12-19)7-9-15)11-10-14-4-2-3-5-16(14)17(18)20/h2-9H,10-11H2,1H3/t18-/m1/s1. The molecule has 0 spiro atoms. The highest BCUT2D eigenvalue weighted by Crippen LogP contribution is 2.38. The highest BCUT2D eigenvalue weighted by Gasteiger charge is 2.39. The summed E-state index contributed by atoms with van der Waals surface area (Å²) in [6.45, 7) is 2.01. The summed E-state index contributed by atoms with van der Waals surface area (Å²) in [6, 6.07) is 17.3. The Hall–Kier alpha value is -2.40. The van der Waals surface area contributed by atoms with Gasteiger partial charge in [-0.15, -0.1) is 0 Å². The summed E-state index contributed by atoms with van der Waals surface area (Å²) in [5.41, 5.74) is 3.12. The molecule has 0 bridgehead atoms. The molecule has 0 fully saturated rings. The number of benzene rings is 2. The third-order valence-electron chi connectivity index (χ3n) is 4.31. The zero-order valence-electron chi connectivity index (χ0n) is 11.4. The van der Waals surface area contributed by atoms with Crippen LogP contribution in [0.3, 0.4) is 0 Å². The normalized spacial score (nSPS) is 21.1. The highest BCUT2D eigenvalue weighted by atomic mass is 16.1. The Bertz CT molecular complexity index is 709. The molecular formula is C18H15NO. The van der Waals surface area contributed by atoms with Gasteiger partial charge >= 0.3 is 0 Å². The van der Waals surface area contributed by atoms with Crippen LogP contribution in [0.4, 0.5) is 0 Å². The second kappa shape index (κ2) is 4.61. The van der Waals surface area contributed by atoms with Crippen LogP contribution < -0.4 is 0 Å². The summed E-state index contributed by atoms with van der Waals surface area (Å²) in [4.78, 5) is 12.8. The minimum Gasteiger partial charge on any atom is -0.293 e. The molecule has 2 aromatic carbocycles. The lowest BCUT2D eigenvalue weighted by Gasteiger charge is -2.33. The number of ketones is 1. The highest BCUT2D eigenvalue weighted by molar-refractivity contribution is 6.06. The maximum atomic E-state index is 12.8. The Kier molecular flexibility index (Phi) is 2.91. The largest absolute Gasteiger partial charge is 0.293 e. The van der Waals surface area contributed by atoms with Gasteiger partial charge in [-0.25, -0.2) is 0 Å². The molecule has 0 radical (unpaired) electrons. The first-order valence-electron chi connectivity index (χ1n) is 6.78. The quantitative estimate of drug-likeness (QED) is 0.786. The number of fused-ring (bicyclic) bond motifs is 1. The van der Waals surface area contributed by atoms with Crippen molar-refractivity contribution in [1.29, 1.82) is 5.26 Å². The van der Waals surface area contributed by atoms with Crippen LogP contribution in [0.2, 0.25) is 0 Å². The van der Waals surface area contributed by atoms with Crippen LogP contribution in [-0.4, -0.2) is 5.78 Å². The number of carbonyl (C=O) groups excluding carboxylic acids is 1. The predicted octanol–water partition coefficient (Wildman–Crippen LogP) is 3.65. The van der Waals surface area contributed by atoms with Crippen molar-refractivity contribution in [2.45, 2.75) is 25.2 Å². The maximum absolute atomic E-state index is 12.8. The number of hydrogen-bond acceptors (Lipinski definition) is 2. The number of rotatable bonds is 1. The number of nitriles is 1. The third kappa shape index (κ3) is 1.83. The van der Waals surface area contributed by atoms with Gasteiger partial charge < -0.3 is 0 Å². The van der Waals surface area contributed by atoms with Crippen LogP contribution in [0.25, 0.3) is 0 Å². The average Bonchev–Trinajstić information content (AvgIpc) is 2.51. The monoisotopic (exact) mass is 261 g/mol. The Morgan fingerprint density at radius 1 is 1.10 bits per heavy atom. The van der Waals surface area contributed by atoms with Crippen molar-refractivity contribution in [3.8, 4) is 6.07 Å². The third-order valence-corrected chi connectivity index (χ3v) is 4.31. The maximum Gasteiger partial charge on any atom is 0.173 e. The van der Waals surface area contributed by atoms with E-state index < -0.39 is 5.41 Å². The zero-order valence-corrected chi connectivity index (χ0v) is 11.4. The summed E-state index contributed by atoms with van der Waals surface area (Å²) < 4.78 is 0. The fourth-order valence-electron chi connectivity index (χ4n) is 2.94. The van der Waals surface area contributed by atoms with E-state index in [1.165, 1.54) is 0 Å². The van der Waals surface area contributed by atoms with Gasteiger partial charge in [0.2, 0.25) is 0 Å². The summed E-state index contributed by atoms with van der Waals surface area (Å²) in [5.74, 6) is 0.184. The molecule has 2 aromatic rings. The van der Waals surface area contributed by atoms with Crippen molar-refractivity contribution in [2.24, 2.45) is 0 Å². The lowest BCUT2D eigenvalue weighted by atomic mass is 9.68. The van der Waals surface area contributed by atoms with Crippen molar-refractivity contribution in [3.05, 3.63) is 70.8 Å². The summed E-state index contributed by atoms with van der Waals surface area (Å²) in [6.07, 6.45) is 1.73. The molecule has 2 heteroatoms. The van der Waals surface area contributed by atoms with Gasteiger partial charge in [-0.2, -0.15) is 5.26 Å². The van der Waals surface area contributed by atoms with Gasteiger partial charge in [0.1, 0.15) is 0 Å². The van der Waals surface area contributed by atoms with Gasteiger partial charge in [0.05, 0.1) is 17.0 Å². The van der Waals surface area contributed by atoms with Crippen molar-refractivity contribution in [3.63, 3.8) is 0 Å². The Morgan fingerprint density at radius 2 is 1.80 bits per heavy atom. The molecule has 0 amide bonds. The second-order valence-corrected chi connectivity index (χ2v) is 5.51. The van der Waals surface area contributed by atoms with Crippen molar-refractivity contribution >= 4 is 5.78 Å². The molecule has 2 nitrogen and oxygen atoms in total. The van der Waals surface area contributed by atoms with Gasteiger partial charge in [-0.1, -0.05) is 36.4 Å². The number of nitrogens with zero attached hydrogens (tertiary/aromatic N) is 1. The topological polar surface area (TPSA) is 40.9 Å². The zero-order chi connectivity index (χ0) is 14.2. The molecule has 0 unspecified atom stereocenters. The SMILES string of the molecule is C[C@]1(c2ccc(C#N)cc2)CCc2ccccc2C1=O. The van der Waals surface area contributed by atoms with E-state index in [0.717, 1.165) is 29.5 Å². The van der Waals surface area contributed by atoms with Crippen LogP contribution in [0.5, 0.6) is 0 Å². The van der Waals surface area contributed by atoms with Gasteiger partial charge in [-0.05, 0) is 43.0 Å². The smallest absolute Gasteiger partial charge is 0.173 e. The fourth-order valence-corrected chi connectivity index (χ4v) is 2.94. The van der Waals surface area contributed by atoms with Crippen LogP contribution in [0.15, 0.2) is 48.5 Å². The van der Waals surface area contributed by atoms with Crippen LogP contribution in [-0.2, 0) is 11.8 Å². The lowest BCUT2D eigenvalue weighted by Crippen LogP contribution is -2.37. The molecule has 0 heterocycles. The number of Topliss-reactive ketones (excluding diaryl/α,β-unsaturated/α-hetero) is 1. The van der Waals surface area contributed by atoms with Crippen molar-refractivity contribution in [1.82, 2.24) is 0 Å². The molecule has 20 heavy (non-hydrogen) atoms. The summed E-state index contributed by atoms with van der Waals surface area (Å²) in [7, 11) is 0. The minimum atomic E-state index is -0.484. The number of aryl methyl sites for hydroxylation is 1. The molecule has 0 aliphatic heterocycles. The first kappa shape index (κ1) is 12.6. The van der Waals surface area contributed by atoms with Crippen LogP contribution >= 0.6 is 0 Å². The average molecular weight is 261 g/mol. The molecule has 1 atom stereocenters. The van der Waals surface area contributed by atoms with Gasteiger partial charge in [0.25, 0.3) is 0 Å². The molecule has 98 valence electrons. The molecule has 3 rings (SSSR count). The van der Waals surface area contributed by atoms with E-state index >= 15 is 0 Å². The van der Waals surface area contributed by atoms with Crippen LogP contribution in [0.1, 0.15) is 40.4 Å². The Balaban J connectivity index is 2.05. The van der Waals surface area contributed by atoms with Crippen molar-refractivity contribution < 1.29 is 4.79 Å². The first-order chi connectivity index (χ1) is 9.65. The Morgan fingerprint density at radius 3 is 2.50 bits per heavy atom. The molecular weight excluding hydrogens is 246 g/mol. The van der Waals surface area contributed by atoms with E-state index in [1.54, 1.807) is 12.1 Å². The molecule has 1 aliphatic rings. The second-order valence-electron chi connectivity index (χ2n) is 5.51. The minimum absolute atomic E-state index is 0.184. The van der Waals surface area contributed by atoms with E-state index in [9.17, 15) is 4.79 Å². The van der Waals surface area contributed by atoms with Gasteiger partial charge in [-0.3, -0.25) is 4.79 Å². The molecule has 0 aromatic heterocycles. The van der Waals surface area contributed by atoms with E-state index in [0.29, 0.717) is 5.56 Å². The van der Waals surface area contributed by atoms with E-state index in [1.807, 2.05) is 43.3 Å². The Labute approximate surface area is 118 Å². The van der Waals surface area contributed by atoms with E-state index in [2.05, 4.69) is 6.07 Å². The van der Waals surface area contributed by atoms with E-state index in [-0.39, 0.29) is 5.78 Å². The fraction of sp³-hybridized carbons (Fsp3) is 0.222. The molecule has 1 aliphatic carbocycles. The van der Waals surface area contributed by atoms with Gasteiger partial charge in [0.15, 0.2) is 5.78 Å². The molecule has 0 saturated heterocycles. The summed E-state index contributed by atoms with van der Waals surface area (Å²) >= 11 is 0. The van der Waals surface area contributed by atoms with E-state index in [4.69, 9.17) is 5.26 Å². The lowest BCUT2D eigenvalue weighted by molar-refractivity contribution is 0.0875. The number of hydrogen-bond donors (Lipinski definition) is 0. The first-order valence-corrected chi connectivity index (χ1v) is 6.78. The van der Waals surface area contributed by atoms with Gasteiger partial charge in [0, 0.05) is 5.56 Å².